The highest BCUT2D eigenvalue weighted by atomic mass is 79.9. The number of likely N-dealkylation sites (N-methyl/N-ethyl adjacent to an activating group) is 1. The lowest BCUT2D eigenvalue weighted by Crippen LogP contribution is -2.23. The van der Waals surface area contributed by atoms with Crippen LogP contribution in [-0.4, -0.2) is 22.9 Å². The van der Waals surface area contributed by atoms with Gasteiger partial charge in [0.05, 0.1) is 15.9 Å². The van der Waals surface area contributed by atoms with Crippen molar-refractivity contribution in [1.82, 2.24) is 15.1 Å². The smallest absolute Gasteiger partial charge is 0.0738 e. The van der Waals surface area contributed by atoms with Crippen molar-refractivity contribution >= 4 is 31.9 Å². The monoisotopic (exact) mass is 413 g/mol. The maximum atomic E-state index is 4.49. The quantitative estimate of drug-likeness (QED) is 0.767. The lowest BCUT2D eigenvalue weighted by molar-refractivity contribution is 0.569. The number of hydrogen-bond acceptors (Lipinski definition) is 2. The molecule has 0 aliphatic carbocycles. The number of halogens is 2. The summed E-state index contributed by atoms with van der Waals surface area (Å²) in [7, 11) is 2.01. The number of aromatic nitrogens is 2. The highest BCUT2D eigenvalue weighted by Crippen LogP contribution is 2.27. The van der Waals surface area contributed by atoms with Crippen LogP contribution in [0, 0.1) is 6.92 Å². The van der Waals surface area contributed by atoms with Gasteiger partial charge in [0.2, 0.25) is 0 Å². The van der Waals surface area contributed by atoms with Crippen LogP contribution in [0.4, 0.5) is 0 Å². The Hall–Kier alpha value is -0.650. The molecule has 0 saturated heterocycles. The Labute approximate surface area is 143 Å². The predicted molar refractivity (Wildman–Crippen MR) is 94.8 cm³/mol. The average molecular weight is 415 g/mol. The summed E-state index contributed by atoms with van der Waals surface area (Å²) in [5.41, 5.74) is 3.65. The van der Waals surface area contributed by atoms with Crippen LogP contribution in [0.15, 0.2) is 33.2 Å². The molecule has 2 aromatic rings. The van der Waals surface area contributed by atoms with E-state index in [0.29, 0.717) is 5.92 Å². The van der Waals surface area contributed by atoms with Crippen LogP contribution in [0.5, 0.6) is 0 Å². The Balaban J connectivity index is 2.25. The van der Waals surface area contributed by atoms with E-state index in [1.165, 1.54) is 11.3 Å². The molecule has 0 amide bonds. The number of aryl methyl sites for hydroxylation is 2. The fraction of sp³-hybridized carbons (Fsp3) is 0.438. The first kappa shape index (κ1) is 16.7. The van der Waals surface area contributed by atoms with E-state index in [-0.39, 0.29) is 0 Å². The van der Waals surface area contributed by atoms with E-state index in [1.54, 1.807) is 0 Å². The Morgan fingerprint density at radius 3 is 2.43 bits per heavy atom. The Kier molecular flexibility index (Phi) is 6.02. The Bertz CT molecular complexity index is 590. The van der Waals surface area contributed by atoms with E-state index in [0.717, 1.165) is 34.1 Å². The molecule has 3 nitrogen and oxygen atoms in total. The maximum absolute atomic E-state index is 4.49. The van der Waals surface area contributed by atoms with Crippen LogP contribution in [0.1, 0.15) is 29.8 Å². The van der Waals surface area contributed by atoms with Crippen molar-refractivity contribution in [2.75, 3.05) is 13.1 Å². The van der Waals surface area contributed by atoms with E-state index in [2.05, 4.69) is 73.5 Å². The number of benzene rings is 1. The van der Waals surface area contributed by atoms with Gasteiger partial charge in [-0.25, -0.2) is 0 Å². The summed E-state index contributed by atoms with van der Waals surface area (Å²) in [5.74, 6) is 0.434. The van der Waals surface area contributed by atoms with Crippen molar-refractivity contribution in [2.24, 2.45) is 7.05 Å². The Morgan fingerprint density at radius 1 is 1.24 bits per heavy atom. The minimum absolute atomic E-state index is 0.434. The van der Waals surface area contributed by atoms with Crippen LogP contribution < -0.4 is 5.32 Å². The van der Waals surface area contributed by atoms with E-state index >= 15 is 0 Å². The van der Waals surface area contributed by atoms with Crippen LogP contribution in [0.3, 0.4) is 0 Å². The topological polar surface area (TPSA) is 29.9 Å². The molecule has 1 aromatic carbocycles. The number of nitrogens with zero attached hydrogens (tertiary/aromatic N) is 2. The van der Waals surface area contributed by atoms with Crippen LogP contribution in [0.25, 0.3) is 0 Å². The van der Waals surface area contributed by atoms with Crippen molar-refractivity contribution in [3.8, 4) is 0 Å². The van der Waals surface area contributed by atoms with Crippen molar-refractivity contribution in [3.63, 3.8) is 0 Å². The van der Waals surface area contributed by atoms with Gasteiger partial charge in [0.1, 0.15) is 0 Å². The van der Waals surface area contributed by atoms with Gasteiger partial charge in [0.25, 0.3) is 0 Å². The average Bonchev–Trinajstić information content (AvgIpc) is 2.70. The minimum Gasteiger partial charge on any atom is -0.316 e. The Morgan fingerprint density at radius 2 is 1.90 bits per heavy atom. The lowest BCUT2D eigenvalue weighted by atomic mass is 9.94. The van der Waals surface area contributed by atoms with Crippen molar-refractivity contribution < 1.29 is 0 Å². The molecule has 2 rings (SSSR count). The van der Waals surface area contributed by atoms with Gasteiger partial charge in [-0.1, -0.05) is 35.0 Å². The lowest BCUT2D eigenvalue weighted by Gasteiger charge is -2.18. The fourth-order valence-corrected chi connectivity index (χ4v) is 3.26. The van der Waals surface area contributed by atoms with E-state index in [1.807, 2.05) is 18.7 Å². The van der Waals surface area contributed by atoms with E-state index in [4.69, 9.17) is 0 Å². The minimum atomic E-state index is 0.434. The highest BCUT2D eigenvalue weighted by molar-refractivity contribution is 9.10. The SMILES string of the molecule is CCNCC(Cc1c(Br)c(C)nn1C)c1ccc(Br)cc1. The number of hydrogen-bond donors (Lipinski definition) is 1. The van der Waals surface area contributed by atoms with Gasteiger partial charge in [-0.05, 0) is 53.5 Å². The molecule has 5 heteroatoms. The van der Waals surface area contributed by atoms with Crippen LogP contribution >= 0.6 is 31.9 Å². The summed E-state index contributed by atoms with van der Waals surface area (Å²) in [6.45, 7) is 6.13. The van der Waals surface area contributed by atoms with E-state index < -0.39 is 0 Å². The summed E-state index contributed by atoms with van der Waals surface area (Å²) >= 11 is 7.17. The third kappa shape index (κ3) is 4.18. The molecule has 0 aliphatic rings. The van der Waals surface area contributed by atoms with Crippen LogP contribution in [-0.2, 0) is 13.5 Å². The standard InChI is InChI=1S/C16H21Br2N3/c1-4-19-10-13(12-5-7-14(17)8-6-12)9-15-16(18)11(2)20-21(15)3/h5-8,13,19H,4,9-10H2,1-3H3. The molecule has 0 saturated carbocycles. The molecule has 114 valence electrons. The molecule has 1 unspecified atom stereocenters. The third-order valence-corrected chi connectivity index (χ3v) is 5.24. The molecule has 0 bridgehead atoms. The molecule has 1 atom stereocenters. The molecular formula is C16H21Br2N3. The third-order valence-electron chi connectivity index (χ3n) is 3.68. The second-order valence-corrected chi connectivity index (χ2v) is 6.94. The molecule has 0 spiro atoms. The van der Waals surface area contributed by atoms with Gasteiger partial charge in [0, 0.05) is 24.0 Å². The second-order valence-electron chi connectivity index (χ2n) is 5.23. The molecule has 21 heavy (non-hydrogen) atoms. The van der Waals surface area contributed by atoms with Gasteiger partial charge in [-0.3, -0.25) is 4.68 Å². The zero-order chi connectivity index (χ0) is 15.4. The van der Waals surface area contributed by atoms with Crippen molar-refractivity contribution in [1.29, 1.82) is 0 Å². The normalized spacial score (nSPS) is 12.6. The first-order chi connectivity index (χ1) is 10.0. The predicted octanol–water partition coefficient (Wildman–Crippen LogP) is 4.19. The molecular weight excluding hydrogens is 394 g/mol. The largest absolute Gasteiger partial charge is 0.316 e. The number of nitrogens with one attached hydrogen (secondary N) is 1. The van der Waals surface area contributed by atoms with Crippen molar-refractivity contribution in [3.05, 3.63) is 50.2 Å². The van der Waals surface area contributed by atoms with Crippen LogP contribution in [0.2, 0.25) is 0 Å². The molecule has 0 radical (unpaired) electrons. The van der Waals surface area contributed by atoms with Gasteiger partial charge in [-0.2, -0.15) is 5.10 Å². The first-order valence-electron chi connectivity index (χ1n) is 7.17. The second kappa shape index (κ2) is 7.56. The first-order valence-corrected chi connectivity index (χ1v) is 8.75. The highest BCUT2D eigenvalue weighted by Gasteiger charge is 2.18. The molecule has 1 aromatic heterocycles. The zero-order valence-electron chi connectivity index (χ0n) is 12.7. The summed E-state index contributed by atoms with van der Waals surface area (Å²) in [6, 6.07) is 8.61. The molecule has 0 aliphatic heterocycles. The summed E-state index contributed by atoms with van der Waals surface area (Å²) in [4.78, 5) is 0. The molecule has 0 fully saturated rings. The fourth-order valence-electron chi connectivity index (χ4n) is 2.50. The zero-order valence-corrected chi connectivity index (χ0v) is 15.8. The molecule has 1 heterocycles. The van der Waals surface area contributed by atoms with Gasteiger partial charge in [0.15, 0.2) is 0 Å². The van der Waals surface area contributed by atoms with Gasteiger partial charge < -0.3 is 5.32 Å². The number of rotatable bonds is 6. The summed E-state index contributed by atoms with van der Waals surface area (Å²) in [6.07, 6.45) is 0.965. The van der Waals surface area contributed by atoms with E-state index in [9.17, 15) is 0 Å². The van der Waals surface area contributed by atoms with Gasteiger partial charge in [-0.15, -0.1) is 0 Å². The summed E-state index contributed by atoms with van der Waals surface area (Å²) < 4.78 is 4.23. The van der Waals surface area contributed by atoms with Crippen molar-refractivity contribution in [2.45, 2.75) is 26.2 Å². The molecule has 1 N–H and O–H groups in total. The van der Waals surface area contributed by atoms with Gasteiger partial charge >= 0.3 is 0 Å². The summed E-state index contributed by atoms with van der Waals surface area (Å²) in [5, 5.41) is 7.96. The maximum Gasteiger partial charge on any atom is 0.0738 e.